The minimum Gasteiger partial charge on any atom is -0.480 e. The number of rotatable bonds is 3. The van der Waals surface area contributed by atoms with E-state index in [0.717, 1.165) is 14.0 Å². The van der Waals surface area contributed by atoms with Gasteiger partial charge in [0.15, 0.2) is 0 Å². The highest BCUT2D eigenvalue weighted by atomic mass is 19.4. The summed E-state index contributed by atoms with van der Waals surface area (Å²) >= 11 is 0. The fourth-order valence-electron chi connectivity index (χ4n) is 0.698. The number of hydrogen-bond donors (Lipinski definition) is 2. The molecule has 15 heavy (non-hydrogen) atoms. The zero-order chi connectivity index (χ0) is 12.2. The summed E-state index contributed by atoms with van der Waals surface area (Å²) in [6.07, 6.45) is -4.50. The minimum atomic E-state index is -4.50. The third kappa shape index (κ3) is 5.76. The van der Waals surface area contributed by atoms with Gasteiger partial charge in [-0.3, -0.25) is 4.79 Å². The van der Waals surface area contributed by atoms with Gasteiger partial charge in [-0.25, -0.2) is 4.79 Å². The molecule has 0 saturated carbocycles. The van der Waals surface area contributed by atoms with Crippen LogP contribution >= 0.6 is 0 Å². The van der Waals surface area contributed by atoms with Crippen molar-refractivity contribution < 1.29 is 27.9 Å². The second kappa shape index (κ2) is 4.85. The summed E-state index contributed by atoms with van der Waals surface area (Å²) < 4.78 is 35.5. The van der Waals surface area contributed by atoms with Crippen LogP contribution in [0.2, 0.25) is 0 Å². The van der Waals surface area contributed by atoms with Gasteiger partial charge in [0, 0.05) is 7.05 Å². The summed E-state index contributed by atoms with van der Waals surface area (Å²) in [5.41, 5.74) is 0. The topological polar surface area (TPSA) is 69.6 Å². The quantitative estimate of drug-likeness (QED) is 0.745. The molecule has 0 aromatic heterocycles. The van der Waals surface area contributed by atoms with Crippen LogP contribution in [-0.2, 0) is 4.79 Å². The zero-order valence-corrected chi connectivity index (χ0v) is 8.13. The van der Waals surface area contributed by atoms with Crippen LogP contribution in [0.25, 0.3) is 0 Å². The molecule has 2 amide bonds. The second-order valence-corrected chi connectivity index (χ2v) is 2.98. The van der Waals surface area contributed by atoms with Crippen LogP contribution in [0.1, 0.15) is 6.92 Å². The highest BCUT2D eigenvalue weighted by molar-refractivity contribution is 5.82. The molecule has 0 fully saturated rings. The van der Waals surface area contributed by atoms with Gasteiger partial charge in [-0.1, -0.05) is 0 Å². The standard InChI is InChI=1S/C7H11F3N2O3/c1-4(5(13)14)11-6(15)12(2)3-7(8,9)10/h4H,3H2,1-2H3,(H,11,15)(H,13,14)/t4-/m0/s1. The first-order valence-corrected chi connectivity index (χ1v) is 3.94. The van der Waals surface area contributed by atoms with E-state index in [-0.39, 0.29) is 0 Å². The first-order valence-electron chi connectivity index (χ1n) is 3.94. The van der Waals surface area contributed by atoms with Crippen molar-refractivity contribution in [2.24, 2.45) is 0 Å². The lowest BCUT2D eigenvalue weighted by Gasteiger charge is -2.20. The van der Waals surface area contributed by atoms with E-state index >= 15 is 0 Å². The molecule has 0 spiro atoms. The number of amides is 2. The van der Waals surface area contributed by atoms with Crippen molar-refractivity contribution in [3.8, 4) is 0 Å². The van der Waals surface area contributed by atoms with Crippen LogP contribution in [0, 0.1) is 0 Å². The highest BCUT2D eigenvalue weighted by Crippen LogP contribution is 2.15. The Hall–Kier alpha value is -1.47. The SMILES string of the molecule is C[C@H](NC(=O)N(C)CC(F)(F)F)C(=O)O. The van der Waals surface area contributed by atoms with Crippen LogP contribution in [0.15, 0.2) is 0 Å². The van der Waals surface area contributed by atoms with E-state index < -0.39 is 30.8 Å². The van der Waals surface area contributed by atoms with Crippen LogP contribution in [0.4, 0.5) is 18.0 Å². The molecule has 0 unspecified atom stereocenters. The summed E-state index contributed by atoms with van der Waals surface area (Å²) in [6.45, 7) is -0.271. The number of hydrogen-bond acceptors (Lipinski definition) is 2. The normalized spacial score (nSPS) is 13.1. The molecule has 0 aliphatic carbocycles. The molecule has 0 heterocycles. The third-order valence-corrected chi connectivity index (χ3v) is 1.47. The van der Waals surface area contributed by atoms with Crippen LogP contribution in [0.5, 0.6) is 0 Å². The van der Waals surface area contributed by atoms with Crippen LogP contribution < -0.4 is 5.32 Å². The molecular weight excluding hydrogens is 217 g/mol. The predicted octanol–water partition coefficient (Wildman–Crippen LogP) is 0.663. The van der Waals surface area contributed by atoms with Gasteiger partial charge in [-0.15, -0.1) is 0 Å². The number of aliphatic carboxylic acids is 1. The molecule has 0 aromatic carbocycles. The van der Waals surface area contributed by atoms with Gasteiger partial charge in [0.2, 0.25) is 0 Å². The minimum absolute atomic E-state index is 0.361. The van der Waals surface area contributed by atoms with Crippen molar-refractivity contribution in [1.29, 1.82) is 0 Å². The molecule has 1 atom stereocenters. The molecule has 0 bridgehead atoms. The van der Waals surface area contributed by atoms with Crippen molar-refractivity contribution in [3.63, 3.8) is 0 Å². The summed E-state index contributed by atoms with van der Waals surface area (Å²) in [7, 11) is 0.928. The predicted molar refractivity (Wildman–Crippen MR) is 44.3 cm³/mol. The van der Waals surface area contributed by atoms with E-state index in [2.05, 4.69) is 0 Å². The van der Waals surface area contributed by atoms with Gasteiger partial charge < -0.3 is 15.3 Å². The van der Waals surface area contributed by atoms with Gasteiger partial charge in [-0.05, 0) is 6.92 Å². The van der Waals surface area contributed by atoms with Crippen molar-refractivity contribution >= 4 is 12.0 Å². The fourth-order valence-corrected chi connectivity index (χ4v) is 0.698. The molecule has 0 saturated heterocycles. The maximum absolute atomic E-state index is 11.8. The first kappa shape index (κ1) is 13.5. The Morgan fingerprint density at radius 2 is 1.93 bits per heavy atom. The number of alkyl halides is 3. The monoisotopic (exact) mass is 228 g/mol. The summed E-state index contributed by atoms with van der Waals surface area (Å²) in [6, 6.07) is -2.31. The lowest BCUT2D eigenvalue weighted by molar-refractivity contribution is -0.139. The van der Waals surface area contributed by atoms with Crippen molar-refractivity contribution in [1.82, 2.24) is 10.2 Å². The molecule has 8 heteroatoms. The number of nitrogens with one attached hydrogen (secondary N) is 1. The average Bonchev–Trinajstić information content (AvgIpc) is 2.00. The fraction of sp³-hybridized carbons (Fsp3) is 0.714. The number of urea groups is 1. The van der Waals surface area contributed by atoms with Crippen molar-refractivity contribution in [2.75, 3.05) is 13.6 Å². The molecule has 0 rings (SSSR count). The molecule has 5 nitrogen and oxygen atoms in total. The van der Waals surface area contributed by atoms with Crippen LogP contribution in [0.3, 0.4) is 0 Å². The van der Waals surface area contributed by atoms with E-state index in [9.17, 15) is 22.8 Å². The summed E-state index contributed by atoms with van der Waals surface area (Å²) in [5.74, 6) is -1.32. The average molecular weight is 228 g/mol. The third-order valence-electron chi connectivity index (χ3n) is 1.47. The molecular formula is C7H11F3N2O3. The molecule has 0 aliphatic heterocycles. The molecule has 0 aromatic rings. The lowest BCUT2D eigenvalue weighted by atomic mass is 10.3. The maximum atomic E-state index is 11.8. The molecule has 0 aliphatic rings. The molecule has 2 N–H and O–H groups in total. The van der Waals surface area contributed by atoms with E-state index in [4.69, 9.17) is 5.11 Å². The van der Waals surface area contributed by atoms with E-state index in [1.54, 1.807) is 0 Å². The van der Waals surface area contributed by atoms with Crippen molar-refractivity contribution in [2.45, 2.75) is 19.1 Å². The van der Waals surface area contributed by atoms with E-state index in [1.165, 1.54) is 0 Å². The summed E-state index contributed by atoms with van der Waals surface area (Å²) in [5, 5.41) is 10.3. The van der Waals surface area contributed by atoms with Gasteiger partial charge >= 0.3 is 18.2 Å². The Morgan fingerprint density at radius 3 is 2.27 bits per heavy atom. The number of carboxylic acid groups (broad SMARTS) is 1. The lowest BCUT2D eigenvalue weighted by Crippen LogP contribution is -2.47. The van der Waals surface area contributed by atoms with Gasteiger partial charge in [0.1, 0.15) is 12.6 Å². The summed E-state index contributed by atoms with van der Waals surface area (Å²) in [4.78, 5) is 21.6. The Morgan fingerprint density at radius 1 is 1.47 bits per heavy atom. The highest BCUT2D eigenvalue weighted by Gasteiger charge is 2.31. The Labute approximate surface area is 83.9 Å². The van der Waals surface area contributed by atoms with E-state index in [1.807, 2.05) is 5.32 Å². The Bertz CT molecular complexity index is 254. The Kier molecular flexibility index (Phi) is 4.38. The van der Waals surface area contributed by atoms with Gasteiger partial charge in [0.25, 0.3) is 0 Å². The van der Waals surface area contributed by atoms with Gasteiger partial charge in [-0.2, -0.15) is 13.2 Å². The zero-order valence-electron chi connectivity index (χ0n) is 8.13. The number of halogens is 3. The van der Waals surface area contributed by atoms with Crippen molar-refractivity contribution in [3.05, 3.63) is 0 Å². The Balaban J connectivity index is 4.17. The first-order chi connectivity index (χ1) is 6.63. The number of nitrogens with zero attached hydrogens (tertiary/aromatic N) is 1. The maximum Gasteiger partial charge on any atom is 0.406 e. The smallest absolute Gasteiger partial charge is 0.406 e. The largest absolute Gasteiger partial charge is 0.480 e. The van der Waals surface area contributed by atoms with Crippen LogP contribution in [-0.4, -0.2) is 47.8 Å². The van der Waals surface area contributed by atoms with Gasteiger partial charge in [0.05, 0.1) is 0 Å². The van der Waals surface area contributed by atoms with E-state index in [0.29, 0.717) is 4.90 Å². The number of carbonyl (C=O) groups excluding carboxylic acids is 1. The second-order valence-electron chi connectivity index (χ2n) is 2.98. The molecule has 0 radical (unpaired) electrons. The molecule has 88 valence electrons. The number of carbonyl (C=O) groups is 2. The number of carboxylic acids is 1.